The van der Waals surface area contributed by atoms with Crippen molar-refractivity contribution in [3.05, 3.63) is 76.8 Å². The number of nitrogens with one attached hydrogen (secondary N) is 1. The van der Waals surface area contributed by atoms with E-state index in [0.29, 0.717) is 29.6 Å². The molecule has 1 amide bonds. The molecule has 0 saturated carbocycles. The largest absolute Gasteiger partial charge is 0.487 e. The molecule has 0 spiro atoms. The maximum Gasteiger partial charge on any atom is 0.252 e. The Labute approximate surface area is 183 Å². The number of rotatable bonds is 8. The van der Waals surface area contributed by atoms with Crippen molar-refractivity contribution < 1.29 is 14.1 Å². The zero-order chi connectivity index (χ0) is 21.6. The van der Waals surface area contributed by atoms with Crippen LogP contribution in [0.5, 0.6) is 5.75 Å². The van der Waals surface area contributed by atoms with Gasteiger partial charge in [0.05, 0.1) is 11.2 Å². The van der Waals surface area contributed by atoms with E-state index in [0.717, 1.165) is 11.3 Å². The van der Waals surface area contributed by atoms with E-state index in [2.05, 4.69) is 25.4 Å². The second kappa shape index (κ2) is 9.48. The van der Waals surface area contributed by atoms with Gasteiger partial charge >= 0.3 is 0 Å². The van der Waals surface area contributed by atoms with Crippen LogP contribution in [0.15, 0.2) is 64.2 Å². The highest BCUT2D eigenvalue weighted by atomic mass is 32.1. The van der Waals surface area contributed by atoms with Crippen molar-refractivity contribution in [1.29, 1.82) is 0 Å². The predicted molar refractivity (Wildman–Crippen MR) is 115 cm³/mol. The van der Waals surface area contributed by atoms with Gasteiger partial charge in [-0.05, 0) is 36.2 Å². The lowest BCUT2D eigenvalue weighted by Gasteiger charge is -2.18. The monoisotopic (exact) mass is 435 g/mol. The molecule has 0 aliphatic carbocycles. The van der Waals surface area contributed by atoms with Crippen molar-refractivity contribution in [3.63, 3.8) is 0 Å². The van der Waals surface area contributed by atoms with Crippen LogP contribution >= 0.6 is 11.3 Å². The molecule has 0 radical (unpaired) electrons. The molecule has 1 aromatic carbocycles. The van der Waals surface area contributed by atoms with Crippen LogP contribution in [0.4, 0.5) is 0 Å². The Balaban J connectivity index is 1.47. The lowest BCUT2D eigenvalue weighted by molar-refractivity contribution is 0.0913. The molecule has 0 bridgehead atoms. The average Bonchev–Trinajstić information content (AvgIpc) is 3.49. The second-order valence-electron chi connectivity index (χ2n) is 7.19. The molecule has 4 rings (SSSR count). The van der Waals surface area contributed by atoms with Gasteiger partial charge in [-0.15, -0.1) is 11.3 Å². The van der Waals surface area contributed by atoms with Crippen molar-refractivity contribution in [2.75, 3.05) is 0 Å². The maximum absolute atomic E-state index is 12.9. The zero-order valence-electron chi connectivity index (χ0n) is 17.1. The topological polar surface area (TPSA) is 103 Å². The third-order valence-corrected chi connectivity index (χ3v) is 5.18. The molecular weight excluding hydrogens is 414 g/mol. The highest BCUT2D eigenvalue weighted by molar-refractivity contribution is 7.07. The Morgan fingerprint density at radius 1 is 1.26 bits per heavy atom. The number of hydrogen-bond donors (Lipinski definition) is 1. The minimum atomic E-state index is -0.440. The fraction of sp³-hybridized carbons (Fsp3) is 0.227. The van der Waals surface area contributed by atoms with Crippen molar-refractivity contribution in [2.24, 2.45) is 5.92 Å². The molecule has 1 atom stereocenters. The summed E-state index contributed by atoms with van der Waals surface area (Å²) in [5.41, 5.74) is 3.83. The van der Waals surface area contributed by atoms with E-state index in [4.69, 9.17) is 9.26 Å². The van der Waals surface area contributed by atoms with Crippen LogP contribution in [0.1, 0.15) is 41.8 Å². The quantitative estimate of drug-likeness (QED) is 0.440. The van der Waals surface area contributed by atoms with Gasteiger partial charge in [0.15, 0.2) is 0 Å². The first kappa shape index (κ1) is 20.7. The van der Waals surface area contributed by atoms with Crippen LogP contribution in [0, 0.1) is 5.92 Å². The van der Waals surface area contributed by atoms with Crippen molar-refractivity contribution in [1.82, 2.24) is 25.4 Å². The van der Waals surface area contributed by atoms with E-state index in [1.54, 1.807) is 48.2 Å². The van der Waals surface area contributed by atoms with Gasteiger partial charge < -0.3 is 14.6 Å². The Morgan fingerprint density at radius 2 is 2.16 bits per heavy atom. The zero-order valence-corrected chi connectivity index (χ0v) is 17.9. The highest BCUT2D eigenvalue weighted by Gasteiger charge is 2.25. The smallest absolute Gasteiger partial charge is 0.252 e. The number of aromatic nitrogens is 4. The van der Waals surface area contributed by atoms with Crippen LogP contribution in [0.3, 0.4) is 0 Å². The molecule has 0 aliphatic heterocycles. The Bertz CT molecular complexity index is 1130. The van der Waals surface area contributed by atoms with Gasteiger partial charge in [-0.2, -0.15) is 4.98 Å². The van der Waals surface area contributed by atoms with Gasteiger partial charge in [0, 0.05) is 28.9 Å². The van der Waals surface area contributed by atoms with Crippen LogP contribution in [-0.2, 0) is 6.61 Å². The molecule has 31 heavy (non-hydrogen) atoms. The summed E-state index contributed by atoms with van der Waals surface area (Å²) in [4.78, 5) is 25.6. The molecule has 9 heteroatoms. The van der Waals surface area contributed by atoms with Crippen molar-refractivity contribution in [2.45, 2.75) is 26.5 Å². The van der Waals surface area contributed by atoms with E-state index in [1.165, 1.54) is 11.3 Å². The number of thiazole rings is 1. The summed E-state index contributed by atoms with van der Waals surface area (Å²) in [7, 11) is 0. The van der Waals surface area contributed by atoms with Crippen LogP contribution in [0.2, 0.25) is 0 Å². The summed E-state index contributed by atoms with van der Waals surface area (Å²) >= 11 is 1.51. The molecule has 3 aromatic heterocycles. The van der Waals surface area contributed by atoms with Crippen LogP contribution in [0.25, 0.3) is 11.4 Å². The van der Waals surface area contributed by atoms with Crippen LogP contribution < -0.4 is 10.1 Å². The molecule has 1 unspecified atom stereocenters. The van der Waals surface area contributed by atoms with E-state index in [9.17, 15) is 4.79 Å². The van der Waals surface area contributed by atoms with Gasteiger partial charge in [-0.25, -0.2) is 4.98 Å². The number of hydrogen-bond acceptors (Lipinski definition) is 8. The molecular formula is C22H21N5O3S. The normalized spacial score (nSPS) is 12.0. The van der Waals surface area contributed by atoms with E-state index in [-0.39, 0.29) is 11.8 Å². The van der Waals surface area contributed by atoms with E-state index >= 15 is 0 Å². The van der Waals surface area contributed by atoms with Gasteiger partial charge in [-0.3, -0.25) is 9.78 Å². The second-order valence-corrected chi connectivity index (χ2v) is 7.91. The Morgan fingerprint density at radius 3 is 2.90 bits per heavy atom. The van der Waals surface area contributed by atoms with Crippen LogP contribution in [-0.4, -0.2) is 26.0 Å². The number of carbonyl (C=O) groups is 1. The summed E-state index contributed by atoms with van der Waals surface area (Å²) in [6.07, 6.45) is 3.34. The third-order valence-electron chi connectivity index (χ3n) is 4.55. The SMILES string of the molecule is CC(C)C(NC(=O)c1cccc(OCc2cscn2)c1)c1nc(-c2cccnc2)no1. The van der Waals surface area contributed by atoms with Gasteiger partial charge in [0.2, 0.25) is 11.7 Å². The third kappa shape index (κ3) is 5.13. The summed E-state index contributed by atoms with van der Waals surface area (Å²) in [6.45, 7) is 4.31. The molecule has 3 heterocycles. The van der Waals surface area contributed by atoms with E-state index in [1.807, 2.05) is 25.3 Å². The molecule has 4 aromatic rings. The van der Waals surface area contributed by atoms with Gasteiger partial charge in [0.1, 0.15) is 18.4 Å². The summed E-state index contributed by atoms with van der Waals surface area (Å²) in [5.74, 6) is 1.16. The molecule has 0 aliphatic rings. The molecule has 0 fully saturated rings. The Kier molecular flexibility index (Phi) is 6.32. The number of nitrogens with zero attached hydrogens (tertiary/aromatic N) is 4. The van der Waals surface area contributed by atoms with Crippen molar-refractivity contribution in [3.8, 4) is 17.1 Å². The number of ether oxygens (including phenoxy) is 1. The number of pyridine rings is 1. The predicted octanol–water partition coefficient (Wildman–Crippen LogP) is 4.29. The highest BCUT2D eigenvalue weighted by Crippen LogP contribution is 2.24. The number of amides is 1. The maximum atomic E-state index is 12.9. The first-order chi connectivity index (χ1) is 15.1. The number of benzene rings is 1. The standard InChI is InChI=1S/C22H21N5O3S/c1-14(2)19(22-26-20(27-30-22)16-6-4-8-23-10-16)25-21(28)15-5-3-7-18(9-15)29-11-17-12-31-13-24-17/h3-10,12-14,19H,11H2,1-2H3,(H,25,28). The lowest BCUT2D eigenvalue weighted by Crippen LogP contribution is -2.32. The Hall–Kier alpha value is -3.59. The first-order valence-corrected chi connectivity index (χ1v) is 10.7. The summed E-state index contributed by atoms with van der Waals surface area (Å²) < 4.78 is 11.2. The fourth-order valence-electron chi connectivity index (χ4n) is 2.91. The molecule has 158 valence electrons. The van der Waals surface area contributed by atoms with Gasteiger partial charge in [0.25, 0.3) is 5.91 Å². The van der Waals surface area contributed by atoms with Gasteiger partial charge in [-0.1, -0.05) is 25.1 Å². The first-order valence-electron chi connectivity index (χ1n) is 9.75. The van der Waals surface area contributed by atoms with E-state index < -0.39 is 6.04 Å². The summed E-state index contributed by atoms with van der Waals surface area (Å²) in [5, 5.41) is 8.95. The molecule has 1 N–H and O–H groups in total. The minimum Gasteiger partial charge on any atom is -0.487 e. The fourth-order valence-corrected chi connectivity index (χ4v) is 3.45. The number of carbonyl (C=O) groups excluding carboxylic acids is 1. The molecule has 8 nitrogen and oxygen atoms in total. The summed E-state index contributed by atoms with van der Waals surface area (Å²) in [6, 6.07) is 10.2. The lowest BCUT2D eigenvalue weighted by atomic mass is 10.0. The molecule has 0 saturated heterocycles. The minimum absolute atomic E-state index is 0.0373. The van der Waals surface area contributed by atoms with Crippen molar-refractivity contribution >= 4 is 17.2 Å². The average molecular weight is 436 g/mol.